The molecule has 2 aliphatic rings. The van der Waals surface area contributed by atoms with Gasteiger partial charge in [-0.3, -0.25) is 9.59 Å². The van der Waals surface area contributed by atoms with E-state index in [4.69, 9.17) is 4.74 Å². The molecular formula is C12H19NO3. The van der Waals surface area contributed by atoms with Gasteiger partial charge >= 0.3 is 0 Å². The highest BCUT2D eigenvalue weighted by molar-refractivity contribution is 5.96. The molecule has 2 rings (SSSR count). The van der Waals surface area contributed by atoms with Gasteiger partial charge in [0.25, 0.3) is 0 Å². The maximum atomic E-state index is 11.7. The molecule has 4 nitrogen and oxygen atoms in total. The quantitative estimate of drug-likeness (QED) is 0.777. The first-order valence-electron chi connectivity index (χ1n) is 6.00. The predicted octanol–water partition coefficient (Wildman–Crippen LogP) is 1.04. The lowest BCUT2D eigenvalue weighted by atomic mass is 9.83. The number of nitrogens with one attached hydrogen (secondary N) is 1. The van der Waals surface area contributed by atoms with Gasteiger partial charge in [0.2, 0.25) is 5.91 Å². The molecule has 2 saturated carbocycles. The van der Waals surface area contributed by atoms with E-state index in [1.165, 1.54) is 12.8 Å². The van der Waals surface area contributed by atoms with E-state index < -0.39 is 0 Å². The number of methoxy groups -OCH3 is 1. The van der Waals surface area contributed by atoms with Crippen molar-refractivity contribution in [1.29, 1.82) is 0 Å². The van der Waals surface area contributed by atoms with Crippen molar-refractivity contribution in [1.82, 2.24) is 5.32 Å². The highest BCUT2D eigenvalue weighted by Gasteiger charge is 2.37. The molecule has 2 fully saturated rings. The Morgan fingerprint density at radius 3 is 2.56 bits per heavy atom. The van der Waals surface area contributed by atoms with Gasteiger partial charge in [-0.1, -0.05) is 12.8 Å². The molecule has 0 atom stereocenters. The van der Waals surface area contributed by atoms with E-state index in [0.717, 1.165) is 12.8 Å². The molecule has 0 spiro atoms. The van der Waals surface area contributed by atoms with Gasteiger partial charge in [0.15, 0.2) is 0 Å². The summed E-state index contributed by atoms with van der Waals surface area (Å²) in [7, 11) is 1.71. The van der Waals surface area contributed by atoms with Gasteiger partial charge in [0, 0.05) is 26.5 Å². The zero-order valence-corrected chi connectivity index (χ0v) is 9.75. The molecule has 2 aliphatic carbocycles. The second-order valence-corrected chi connectivity index (χ2v) is 4.96. The fraction of sp³-hybridized carbons (Fsp3) is 0.833. The molecule has 0 unspecified atom stereocenters. The minimum atomic E-state index is -0.149. The molecule has 90 valence electrons. The summed E-state index contributed by atoms with van der Waals surface area (Å²) in [6.07, 6.45) is 5.23. The van der Waals surface area contributed by atoms with Crippen molar-refractivity contribution in [2.45, 2.75) is 44.1 Å². The van der Waals surface area contributed by atoms with Crippen LogP contribution in [0.4, 0.5) is 0 Å². The van der Waals surface area contributed by atoms with E-state index in [2.05, 4.69) is 5.32 Å². The van der Waals surface area contributed by atoms with Crippen LogP contribution in [0.2, 0.25) is 0 Å². The summed E-state index contributed by atoms with van der Waals surface area (Å²) in [4.78, 5) is 22.5. The zero-order valence-electron chi connectivity index (χ0n) is 9.75. The molecular weight excluding hydrogens is 206 g/mol. The third-order valence-electron chi connectivity index (χ3n) is 3.85. The number of carbonyl (C=O) groups excluding carboxylic acids is 2. The largest absolute Gasteiger partial charge is 0.376 e. The van der Waals surface area contributed by atoms with E-state index in [-0.39, 0.29) is 23.2 Å². The average Bonchev–Trinajstić information content (AvgIpc) is 2.71. The van der Waals surface area contributed by atoms with Crippen molar-refractivity contribution < 1.29 is 14.3 Å². The molecule has 0 heterocycles. The van der Waals surface area contributed by atoms with Crippen LogP contribution in [0, 0.1) is 5.92 Å². The summed E-state index contributed by atoms with van der Waals surface area (Å²) in [5.41, 5.74) is -0.149. The Morgan fingerprint density at radius 1 is 1.44 bits per heavy atom. The van der Waals surface area contributed by atoms with Gasteiger partial charge in [-0.2, -0.15) is 0 Å². The Balaban J connectivity index is 1.77. The first-order valence-corrected chi connectivity index (χ1v) is 6.00. The van der Waals surface area contributed by atoms with E-state index in [0.29, 0.717) is 19.4 Å². The van der Waals surface area contributed by atoms with Gasteiger partial charge in [-0.15, -0.1) is 0 Å². The van der Waals surface area contributed by atoms with E-state index >= 15 is 0 Å². The molecule has 0 aromatic heterocycles. The Kier molecular flexibility index (Phi) is 3.28. The monoisotopic (exact) mass is 225 g/mol. The van der Waals surface area contributed by atoms with Crippen LogP contribution in [-0.4, -0.2) is 30.9 Å². The number of hydrogen-bond donors (Lipinski definition) is 1. The Morgan fingerprint density at radius 2 is 2.06 bits per heavy atom. The van der Waals surface area contributed by atoms with Gasteiger partial charge in [-0.05, 0) is 12.8 Å². The minimum Gasteiger partial charge on any atom is -0.376 e. The van der Waals surface area contributed by atoms with Crippen LogP contribution in [0.25, 0.3) is 0 Å². The number of ketones is 1. The summed E-state index contributed by atoms with van der Waals surface area (Å²) in [6, 6.07) is 0. The van der Waals surface area contributed by atoms with Crippen molar-refractivity contribution in [3.8, 4) is 0 Å². The summed E-state index contributed by atoms with van der Waals surface area (Å²) in [5, 5.41) is 2.92. The number of Topliss-reactive ketones (excluding diaryl/α,β-unsaturated/α-hetero) is 1. The third kappa shape index (κ3) is 2.26. The van der Waals surface area contributed by atoms with Gasteiger partial charge in [0.1, 0.15) is 5.78 Å². The Hall–Kier alpha value is -0.900. The maximum Gasteiger partial charge on any atom is 0.224 e. The number of ether oxygens (including phenoxy) is 1. The lowest BCUT2D eigenvalue weighted by Crippen LogP contribution is -2.46. The van der Waals surface area contributed by atoms with E-state index in [9.17, 15) is 9.59 Å². The number of hydrogen-bond acceptors (Lipinski definition) is 3. The molecule has 1 N–H and O–H groups in total. The molecule has 1 amide bonds. The normalized spacial score (nSPS) is 24.2. The summed E-state index contributed by atoms with van der Waals surface area (Å²) in [5.74, 6) is 0.133. The van der Waals surface area contributed by atoms with Crippen molar-refractivity contribution in [3.63, 3.8) is 0 Å². The van der Waals surface area contributed by atoms with Crippen LogP contribution in [0.1, 0.15) is 38.5 Å². The van der Waals surface area contributed by atoms with Crippen LogP contribution in [-0.2, 0) is 14.3 Å². The molecule has 0 bridgehead atoms. The molecule has 4 heteroatoms. The topological polar surface area (TPSA) is 55.4 Å². The molecule has 0 aliphatic heterocycles. The number of rotatable bonds is 4. The predicted molar refractivity (Wildman–Crippen MR) is 58.9 cm³/mol. The lowest BCUT2D eigenvalue weighted by Gasteiger charge is -2.30. The number of carbonyl (C=O) groups is 2. The van der Waals surface area contributed by atoms with Crippen LogP contribution in [0.15, 0.2) is 0 Å². The summed E-state index contributed by atoms with van der Waals surface area (Å²) >= 11 is 0. The van der Waals surface area contributed by atoms with Gasteiger partial charge in [-0.25, -0.2) is 0 Å². The highest BCUT2D eigenvalue weighted by Crippen LogP contribution is 2.32. The molecule has 0 aromatic rings. The first kappa shape index (κ1) is 11.6. The third-order valence-corrected chi connectivity index (χ3v) is 3.85. The molecule has 16 heavy (non-hydrogen) atoms. The van der Waals surface area contributed by atoms with E-state index in [1.54, 1.807) is 7.11 Å². The van der Waals surface area contributed by atoms with Crippen LogP contribution in [0.3, 0.4) is 0 Å². The summed E-state index contributed by atoms with van der Waals surface area (Å²) in [6.45, 7) is 0.590. The number of amides is 1. The van der Waals surface area contributed by atoms with Crippen LogP contribution < -0.4 is 5.32 Å². The highest BCUT2D eigenvalue weighted by atomic mass is 16.5. The molecule has 0 aromatic carbocycles. The fourth-order valence-corrected chi connectivity index (χ4v) is 2.54. The van der Waals surface area contributed by atoms with Crippen molar-refractivity contribution >= 4 is 11.7 Å². The Bertz CT molecular complexity index is 287. The second-order valence-electron chi connectivity index (χ2n) is 4.96. The van der Waals surface area contributed by atoms with Crippen molar-refractivity contribution in [2.75, 3.05) is 13.7 Å². The van der Waals surface area contributed by atoms with Crippen molar-refractivity contribution in [2.24, 2.45) is 5.92 Å². The standard InChI is InChI=1S/C12H19NO3/c1-16-12(4-2-3-5-12)8-13-11(15)9-6-10(14)7-9/h9H,2-8H2,1H3,(H,13,15). The fourth-order valence-electron chi connectivity index (χ4n) is 2.54. The average molecular weight is 225 g/mol. The SMILES string of the molecule is COC1(CNC(=O)C2CC(=O)C2)CCCC1. The summed E-state index contributed by atoms with van der Waals surface area (Å²) < 4.78 is 5.52. The second kappa shape index (κ2) is 4.53. The van der Waals surface area contributed by atoms with Crippen molar-refractivity contribution in [3.05, 3.63) is 0 Å². The molecule has 0 saturated heterocycles. The lowest BCUT2D eigenvalue weighted by molar-refractivity contribution is -0.138. The minimum absolute atomic E-state index is 0.0166. The van der Waals surface area contributed by atoms with Gasteiger partial charge < -0.3 is 10.1 Å². The van der Waals surface area contributed by atoms with Gasteiger partial charge in [0.05, 0.1) is 11.5 Å². The molecule has 0 radical (unpaired) electrons. The Labute approximate surface area is 95.7 Å². The smallest absolute Gasteiger partial charge is 0.224 e. The zero-order chi connectivity index (χ0) is 11.6. The van der Waals surface area contributed by atoms with E-state index in [1.807, 2.05) is 0 Å². The van der Waals surface area contributed by atoms with Crippen LogP contribution >= 0.6 is 0 Å². The first-order chi connectivity index (χ1) is 7.65. The maximum absolute atomic E-state index is 11.7. The van der Waals surface area contributed by atoms with Crippen LogP contribution in [0.5, 0.6) is 0 Å².